The van der Waals surface area contributed by atoms with Gasteiger partial charge < -0.3 is 10.2 Å². The zero-order chi connectivity index (χ0) is 12.9. The molecule has 0 saturated heterocycles. The van der Waals surface area contributed by atoms with E-state index in [4.69, 9.17) is 0 Å². The molecule has 0 aliphatic rings. The predicted octanol–water partition coefficient (Wildman–Crippen LogP) is 1.26. The third-order valence-corrected chi connectivity index (χ3v) is 2.83. The van der Waals surface area contributed by atoms with Crippen LogP contribution in [0.2, 0.25) is 0 Å². The molecule has 0 fully saturated rings. The SMILES string of the molecule is CC(NC(=O)CC(C)C(C)C)C(=O)N(C)C. The molecule has 0 bridgehead atoms. The molecule has 0 aromatic rings. The van der Waals surface area contributed by atoms with Crippen LogP contribution in [0.25, 0.3) is 0 Å². The molecule has 2 unspecified atom stereocenters. The standard InChI is InChI=1S/C12H24N2O2/c1-8(2)9(3)7-11(15)13-10(4)12(16)14(5)6/h8-10H,7H2,1-6H3,(H,13,15). The van der Waals surface area contributed by atoms with Gasteiger partial charge in [-0.15, -0.1) is 0 Å². The number of carbonyl (C=O) groups is 2. The van der Waals surface area contributed by atoms with Crippen molar-refractivity contribution in [2.75, 3.05) is 14.1 Å². The maximum Gasteiger partial charge on any atom is 0.244 e. The first kappa shape index (κ1) is 14.9. The van der Waals surface area contributed by atoms with Crippen LogP contribution in [0.3, 0.4) is 0 Å². The van der Waals surface area contributed by atoms with Crippen LogP contribution >= 0.6 is 0 Å². The summed E-state index contributed by atoms with van der Waals surface area (Å²) in [5, 5.41) is 2.72. The third-order valence-electron chi connectivity index (χ3n) is 2.83. The number of rotatable bonds is 5. The minimum absolute atomic E-state index is 0.0519. The van der Waals surface area contributed by atoms with Gasteiger partial charge in [0.2, 0.25) is 11.8 Å². The highest BCUT2D eigenvalue weighted by molar-refractivity contribution is 5.87. The highest BCUT2D eigenvalue weighted by Crippen LogP contribution is 2.13. The van der Waals surface area contributed by atoms with E-state index in [1.807, 2.05) is 6.92 Å². The van der Waals surface area contributed by atoms with E-state index in [0.717, 1.165) is 0 Å². The van der Waals surface area contributed by atoms with Crippen LogP contribution in [-0.2, 0) is 9.59 Å². The zero-order valence-electron chi connectivity index (χ0n) is 11.2. The maximum atomic E-state index is 11.6. The molecule has 0 heterocycles. The van der Waals surface area contributed by atoms with Crippen LogP contribution < -0.4 is 5.32 Å². The van der Waals surface area contributed by atoms with Crippen molar-refractivity contribution in [3.8, 4) is 0 Å². The largest absolute Gasteiger partial charge is 0.347 e. The fourth-order valence-corrected chi connectivity index (χ4v) is 1.28. The van der Waals surface area contributed by atoms with Crippen LogP contribution in [0, 0.1) is 11.8 Å². The van der Waals surface area contributed by atoms with E-state index in [1.165, 1.54) is 4.90 Å². The van der Waals surface area contributed by atoms with Gasteiger partial charge in [-0.3, -0.25) is 9.59 Å². The van der Waals surface area contributed by atoms with Gasteiger partial charge in [0, 0.05) is 20.5 Å². The minimum atomic E-state index is -0.443. The number of hydrogen-bond donors (Lipinski definition) is 1. The Morgan fingerprint density at radius 1 is 1.12 bits per heavy atom. The zero-order valence-corrected chi connectivity index (χ0v) is 11.2. The van der Waals surface area contributed by atoms with Gasteiger partial charge in [-0.05, 0) is 18.8 Å². The molecule has 0 saturated carbocycles. The summed E-state index contributed by atoms with van der Waals surface area (Å²) in [5.74, 6) is 0.682. The molecule has 0 radical (unpaired) electrons. The smallest absolute Gasteiger partial charge is 0.244 e. The van der Waals surface area contributed by atoms with E-state index < -0.39 is 6.04 Å². The summed E-state index contributed by atoms with van der Waals surface area (Å²) in [6.45, 7) is 7.93. The average molecular weight is 228 g/mol. The molecular formula is C12H24N2O2. The fraction of sp³-hybridized carbons (Fsp3) is 0.833. The predicted molar refractivity (Wildman–Crippen MR) is 64.9 cm³/mol. The van der Waals surface area contributed by atoms with Gasteiger partial charge in [0.1, 0.15) is 6.04 Å². The molecule has 4 heteroatoms. The molecule has 0 rings (SSSR count). The first-order valence-electron chi connectivity index (χ1n) is 5.76. The molecule has 0 aromatic heterocycles. The Balaban J connectivity index is 4.10. The lowest BCUT2D eigenvalue weighted by Crippen LogP contribution is -2.44. The van der Waals surface area contributed by atoms with E-state index in [0.29, 0.717) is 18.3 Å². The van der Waals surface area contributed by atoms with Crippen molar-refractivity contribution in [2.45, 2.75) is 40.2 Å². The molecule has 2 atom stereocenters. The second-order valence-corrected chi connectivity index (χ2v) is 4.95. The topological polar surface area (TPSA) is 49.4 Å². The lowest BCUT2D eigenvalue weighted by Gasteiger charge is -2.20. The van der Waals surface area contributed by atoms with E-state index in [1.54, 1.807) is 21.0 Å². The van der Waals surface area contributed by atoms with Crippen molar-refractivity contribution < 1.29 is 9.59 Å². The van der Waals surface area contributed by atoms with Gasteiger partial charge in [-0.25, -0.2) is 0 Å². The number of hydrogen-bond acceptors (Lipinski definition) is 2. The molecule has 16 heavy (non-hydrogen) atoms. The molecule has 1 N–H and O–H groups in total. The normalized spacial score (nSPS) is 14.4. The molecule has 0 aliphatic heterocycles. The monoisotopic (exact) mass is 228 g/mol. The van der Waals surface area contributed by atoms with Crippen molar-refractivity contribution in [1.82, 2.24) is 10.2 Å². The lowest BCUT2D eigenvalue weighted by molar-refractivity contribution is -0.134. The first-order chi connectivity index (χ1) is 7.25. The van der Waals surface area contributed by atoms with Gasteiger partial charge in [0.05, 0.1) is 0 Å². The summed E-state index contributed by atoms with van der Waals surface area (Å²) in [5.41, 5.74) is 0. The average Bonchev–Trinajstić information content (AvgIpc) is 2.15. The summed E-state index contributed by atoms with van der Waals surface area (Å²) in [7, 11) is 3.36. The Labute approximate surface area is 98.4 Å². The third kappa shape index (κ3) is 5.14. The Hall–Kier alpha value is -1.06. The number of nitrogens with zero attached hydrogens (tertiary/aromatic N) is 1. The second kappa shape index (κ2) is 6.51. The quantitative estimate of drug-likeness (QED) is 0.770. The van der Waals surface area contributed by atoms with E-state index >= 15 is 0 Å². The van der Waals surface area contributed by atoms with E-state index in [-0.39, 0.29) is 11.8 Å². The number of carbonyl (C=O) groups excluding carboxylic acids is 2. The van der Waals surface area contributed by atoms with Crippen molar-refractivity contribution in [1.29, 1.82) is 0 Å². The van der Waals surface area contributed by atoms with Crippen LogP contribution in [0.1, 0.15) is 34.1 Å². The Morgan fingerprint density at radius 3 is 2.00 bits per heavy atom. The molecule has 0 aliphatic carbocycles. The number of amides is 2. The van der Waals surface area contributed by atoms with Gasteiger partial charge >= 0.3 is 0 Å². The molecule has 4 nitrogen and oxygen atoms in total. The first-order valence-corrected chi connectivity index (χ1v) is 5.76. The molecular weight excluding hydrogens is 204 g/mol. The van der Waals surface area contributed by atoms with Crippen molar-refractivity contribution in [3.05, 3.63) is 0 Å². The van der Waals surface area contributed by atoms with Gasteiger partial charge in [-0.2, -0.15) is 0 Å². The number of nitrogens with one attached hydrogen (secondary N) is 1. The van der Waals surface area contributed by atoms with E-state index in [9.17, 15) is 9.59 Å². The van der Waals surface area contributed by atoms with Crippen molar-refractivity contribution in [3.63, 3.8) is 0 Å². The Morgan fingerprint density at radius 2 is 1.62 bits per heavy atom. The highest BCUT2D eigenvalue weighted by Gasteiger charge is 2.19. The Kier molecular flexibility index (Phi) is 6.08. The Bertz CT molecular complexity index is 249. The second-order valence-electron chi connectivity index (χ2n) is 4.95. The van der Waals surface area contributed by atoms with Gasteiger partial charge in [0.25, 0.3) is 0 Å². The van der Waals surface area contributed by atoms with E-state index in [2.05, 4.69) is 19.2 Å². The maximum absolute atomic E-state index is 11.6. The molecule has 0 spiro atoms. The van der Waals surface area contributed by atoms with Crippen LogP contribution in [0.4, 0.5) is 0 Å². The minimum Gasteiger partial charge on any atom is -0.347 e. The highest BCUT2D eigenvalue weighted by atomic mass is 16.2. The van der Waals surface area contributed by atoms with Crippen LogP contribution in [-0.4, -0.2) is 36.9 Å². The fourth-order valence-electron chi connectivity index (χ4n) is 1.28. The molecule has 94 valence electrons. The summed E-state index contributed by atoms with van der Waals surface area (Å²) in [6.07, 6.45) is 0.475. The summed E-state index contributed by atoms with van der Waals surface area (Å²) >= 11 is 0. The van der Waals surface area contributed by atoms with Crippen molar-refractivity contribution >= 4 is 11.8 Å². The van der Waals surface area contributed by atoms with Gasteiger partial charge in [0.15, 0.2) is 0 Å². The van der Waals surface area contributed by atoms with Crippen molar-refractivity contribution in [2.24, 2.45) is 11.8 Å². The van der Waals surface area contributed by atoms with Gasteiger partial charge in [-0.1, -0.05) is 20.8 Å². The van der Waals surface area contributed by atoms with Crippen LogP contribution in [0.5, 0.6) is 0 Å². The molecule has 0 aromatic carbocycles. The summed E-state index contributed by atoms with van der Waals surface area (Å²) < 4.78 is 0. The molecule has 2 amide bonds. The number of likely N-dealkylation sites (N-methyl/N-ethyl adjacent to an activating group) is 1. The summed E-state index contributed by atoms with van der Waals surface area (Å²) in [4.78, 5) is 24.6. The van der Waals surface area contributed by atoms with Crippen LogP contribution in [0.15, 0.2) is 0 Å². The summed E-state index contributed by atoms with van der Waals surface area (Å²) in [6, 6.07) is -0.443. The lowest BCUT2D eigenvalue weighted by atomic mass is 9.94.